The minimum absolute atomic E-state index is 0.623. The van der Waals surface area contributed by atoms with Crippen LogP contribution in [0.25, 0.3) is 0 Å². The van der Waals surface area contributed by atoms with E-state index >= 15 is 0 Å². The molecular weight excluding hydrogens is 234 g/mol. The lowest BCUT2D eigenvalue weighted by molar-refractivity contribution is -0.884. The maximum atomic E-state index is 9.85. The molecule has 0 aromatic heterocycles. The van der Waals surface area contributed by atoms with Crippen LogP contribution in [0, 0.1) is 0 Å². The zero-order valence-electron chi connectivity index (χ0n) is 10.9. The third-order valence-electron chi connectivity index (χ3n) is 1.83. The Labute approximate surface area is 104 Å². The fourth-order valence-electron chi connectivity index (χ4n) is 1.13. The van der Waals surface area contributed by atoms with Crippen molar-refractivity contribution < 1.29 is 13.4 Å². The van der Waals surface area contributed by atoms with Crippen molar-refractivity contribution in [2.45, 2.75) is 13.1 Å². The summed E-state index contributed by atoms with van der Waals surface area (Å²) in [5, 5.41) is 0. The number of quaternary nitrogens is 1. The summed E-state index contributed by atoms with van der Waals surface area (Å²) < 4.78 is 5.46. The van der Waals surface area contributed by atoms with Crippen LogP contribution in [0.1, 0.15) is 5.56 Å². The molecule has 0 radical (unpaired) electrons. The van der Waals surface area contributed by atoms with E-state index < -0.39 is 9.28 Å². The van der Waals surface area contributed by atoms with Crippen LogP contribution >= 0.6 is 0 Å². The maximum Gasteiger partial charge on any atom is 0.128 e. The van der Waals surface area contributed by atoms with Gasteiger partial charge in [0.15, 0.2) is 0 Å². The lowest BCUT2D eigenvalue weighted by Gasteiger charge is -2.23. The van der Waals surface area contributed by atoms with Crippen molar-refractivity contribution >= 4 is 19.8 Å². The largest absolute Gasteiger partial charge is 0.841 e. The lowest BCUT2D eigenvalue weighted by atomic mass is 10.2. The minimum Gasteiger partial charge on any atom is -0.841 e. The SMILES string of the molecule is C[N+](C)(C)Cc1ccccc1.C[SiH]([O-])O[SiH3]. The molecule has 0 aliphatic heterocycles. The fraction of sp³-hybridized carbons (Fsp3) is 0.455. The predicted octanol–water partition coefficient (Wildman–Crippen LogP) is -0.613. The first-order valence-corrected chi connectivity index (χ1v) is 8.29. The highest BCUT2D eigenvalue weighted by molar-refractivity contribution is 6.44. The van der Waals surface area contributed by atoms with Gasteiger partial charge in [-0.05, 0) is 0 Å². The highest BCUT2D eigenvalue weighted by Crippen LogP contribution is 2.05. The molecule has 0 fully saturated rings. The molecule has 0 aliphatic rings. The average molecular weight is 257 g/mol. The third-order valence-corrected chi connectivity index (χ3v) is 4.49. The molecule has 0 saturated heterocycles. The Morgan fingerprint density at radius 2 is 1.69 bits per heavy atom. The van der Waals surface area contributed by atoms with E-state index in [1.807, 2.05) is 0 Å². The second-order valence-corrected chi connectivity index (χ2v) is 7.76. The van der Waals surface area contributed by atoms with Gasteiger partial charge in [0.2, 0.25) is 0 Å². The average Bonchev–Trinajstić information content (AvgIpc) is 2.17. The summed E-state index contributed by atoms with van der Waals surface area (Å²) in [5.74, 6) is 0. The molecule has 0 spiro atoms. The molecule has 3 nitrogen and oxygen atoms in total. The van der Waals surface area contributed by atoms with Gasteiger partial charge in [-0.15, -0.1) is 0 Å². The van der Waals surface area contributed by atoms with Crippen molar-refractivity contribution in [2.75, 3.05) is 21.1 Å². The molecule has 5 heteroatoms. The van der Waals surface area contributed by atoms with Crippen LogP contribution in [0.5, 0.6) is 0 Å². The number of nitrogens with zero attached hydrogens (tertiary/aromatic N) is 1. The monoisotopic (exact) mass is 257 g/mol. The second kappa shape index (κ2) is 7.75. The summed E-state index contributed by atoms with van der Waals surface area (Å²) >= 11 is 0. The highest BCUT2D eigenvalue weighted by Gasteiger charge is 2.06. The second-order valence-electron chi connectivity index (χ2n) is 4.74. The van der Waals surface area contributed by atoms with Crippen molar-refractivity contribution in [3.8, 4) is 0 Å². The zero-order valence-corrected chi connectivity index (χ0v) is 14.1. The van der Waals surface area contributed by atoms with E-state index in [1.165, 1.54) is 5.56 Å². The normalized spacial score (nSPS) is 12.8. The summed E-state index contributed by atoms with van der Waals surface area (Å²) in [6.07, 6.45) is 0. The summed E-state index contributed by atoms with van der Waals surface area (Å²) in [4.78, 5) is 9.85. The molecule has 1 rings (SSSR count). The van der Waals surface area contributed by atoms with Crippen molar-refractivity contribution in [3.05, 3.63) is 35.9 Å². The number of rotatable bonds is 3. The van der Waals surface area contributed by atoms with Crippen molar-refractivity contribution in [1.29, 1.82) is 0 Å². The van der Waals surface area contributed by atoms with E-state index in [0.29, 0.717) is 10.5 Å². The van der Waals surface area contributed by atoms with Crippen LogP contribution < -0.4 is 4.80 Å². The molecule has 16 heavy (non-hydrogen) atoms. The van der Waals surface area contributed by atoms with E-state index in [-0.39, 0.29) is 0 Å². The topological polar surface area (TPSA) is 32.3 Å². The Morgan fingerprint density at radius 1 is 1.25 bits per heavy atom. The molecule has 0 aliphatic carbocycles. The molecule has 92 valence electrons. The Morgan fingerprint density at radius 3 is 2.00 bits per heavy atom. The van der Waals surface area contributed by atoms with Gasteiger partial charge in [-0.2, -0.15) is 0 Å². The van der Waals surface area contributed by atoms with E-state index in [0.717, 1.165) is 11.0 Å². The molecule has 0 saturated carbocycles. The van der Waals surface area contributed by atoms with E-state index in [4.69, 9.17) is 0 Å². The molecule has 0 amide bonds. The first kappa shape index (κ1) is 15.5. The van der Waals surface area contributed by atoms with Gasteiger partial charge >= 0.3 is 0 Å². The van der Waals surface area contributed by atoms with Crippen molar-refractivity contribution in [3.63, 3.8) is 0 Å². The van der Waals surface area contributed by atoms with E-state index in [2.05, 4.69) is 55.6 Å². The Balaban J connectivity index is 0.000000385. The Bertz CT molecular complexity index is 273. The van der Waals surface area contributed by atoms with Crippen molar-refractivity contribution in [1.82, 2.24) is 0 Å². The lowest BCUT2D eigenvalue weighted by Crippen LogP contribution is -2.33. The number of benzene rings is 1. The quantitative estimate of drug-likeness (QED) is 0.534. The Hall–Kier alpha value is -0.466. The molecular formula is C11H23NO2Si2. The standard InChI is InChI=1S/C10H16N.CH7O2Si2/c1-11(2,3)9-10-7-5-4-6-8-10;1-5(2)3-4/h4-8H,9H2,1-3H3;5H,1,4H3/q+1;-1. The Kier molecular flexibility index (Phi) is 7.52. The van der Waals surface area contributed by atoms with Gasteiger partial charge in [0.1, 0.15) is 17.0 Å². The van der Waals surface area contributed by atoms with Gasteiger partial charge in [-0.3, -0.25) is 0 Å². The number of hydrogen-bond acceptors (Lipinski definition) is 2. The van der Waals surface area contributed by atoms with Crippen LogP contribution in [0.4, 0.5) is 0 Å². The van der Waals surface area contributed by atoms with Gasteiger partial charge in [0, 0.05) is 5.56 Å². The highest BCUT2D eigenvalue weighted by atomic mass is 28.3. The van der Waals surface area contributed by atoms with Crippen LogP contribution in [0.15, 0.2) is 30.3 Å². The molecule has 0 bridgehead atoms. The first-order valence-electron chi connectivity index (χ1n) is 5.38. The number of hydrogen-bond donors (Lipinski definition) is 0. The summed E-state index contributed by atoms with van der Waals surface area (Å²) in [6.45, 7) is 2.72. The van der Waals surface area contributed by atoms with Crippen LogP contribution in [0.3, 0.4) is 0 Å². The molecule has 1 atom stereocenters. The molecule has 1 unspecified atom stereocenters. The van der Waals surface area contributed by atoms with Crippen LogP contribution in [0.2, 0.25) is 6.55 Å². The van der Waals surface area contributed by atoms with E-state index in [9.17, 15) is 4.80 Å². The summed E-state index contributed by atoms with van der Waals surface area (Å²) in [7, 11) is 5.39. The minimum atomic E-state index is -1.84. The van der Waals surface area contributed by atoms with Crippen molar-refractivity contribution in [2.24, 2.45) is 0 Å². The zero-order chi connectivity index (χ0) is 12.6. The molecule has 0 heterocycles. The van der Waals surface area contributed by atoms with Gasteiger partial charge in [-0.1, -0.05) is 36.9 Å². The predicted molar refractivity (Wildman–Crippen MR) is 72.2 cm³/mol. The molecule has 0 N–H and O–H groups in total. The van der Waals surface area contributed by atoms with E-state index in [1.54, 1.807) is 6.55 Å². The molecule has 1 aromatic rings. The summed E-state index contributed by atoms with van der Waals surface area (Å²) in [5.41, 5.74) is 1.40. The fourth-order valence-corrected chi connectivity index (χ4v) is 1.13. The van der Waals surface area contributed by atoms with Gasteiger partial charge in [0.05, 0.1) is 30.4 Å². The summed E-state index contributed by atoms with van der Waals surface area (Å²) in [6, 6.07) is 10.6. The van der Waals surface area contributed by atoms with Gasteiger partial charge < -0.3 is 13.4 Å². The van der Waals surface area contributed by atoms with Crippen LogP contribution in [-0.4, -0.2) is 45.4 Å². The van der Waals surface area contributed by atoms with Gasteiger partial charge in [0.25, 0.3) is 0 Å². The third kappa shape index (κ3) is 10.1. The van der Waals surface area contributed by atoms with Gasteiger partial charge in [-0.25, -0.2) is 0 Å². The maximum absolute atomic E-state index is 9.85. The molecule has 1 aromatic carbocycles. The van der Waals surface area contributed by atoms with Crippen LogP contribution in [-0.2, 0) is 10.7 Å². The first-order chi connectivity index (χ1) is 7.35. The smallest absolute Gasteiger partial charge is 0.128 e.